The van der Waals surface area contributed by atoms with Crippen LogP contribution in [-0.2, 0) is 6.42 Å². The molecule has 0 saturated carbocycles. The number of amides is 1. The van der Waals surface area contributed by atoms with Crippen molar-refractivity contribution in [1.82, 2.24) is 20.4 Å². The fourth-order valence-corrected chi connectivity index (χ4v) is 1.49. The molecule has 0 aliphatic carbocycles. The fraction of sp³-hybridized carbons (Fsp3) is 0.692. The maximum Gasteiger partial charge on any atom is 0.271 e. The first-order valence-electron chi connectivity index (χ1n) is 6.68. The Hall–Kier alpha value is -1.43. The largest absolute Gasteiger partial charge is 0.354 e. The molecule has 1 rings (SSSR count). The zero-order valence-corrected chi connectivity index (χ0v) is 12.3. The van der Waals surface area contributed by atoms with Crippen LogP contribution >= 0.6 is 0 Å². The van der Waals surface area contributed by atoms with E-state index in [-0.39, 0.29) is 12.6 Å². The van der Waals surface area contributed by atoms with Crippen molar-refractivity contribution in [2.75, 3.05) is 33.9 Å². The fourth-order valence-electron chi connectivity index (χ4n) is 1.49. The number of hydrogen-bond acceptors (Lipinski definition) is 3. The van der Waals surface area contributed by atoms with Gasteiger partial charge >= 0.3 is 0 Å². The van der Waals surface area contributed by atoms with Crippen LogP contribution in [-0.4, -0.2) is 54.9 Å². The van der Waals surface area contributed by atoms with E-state index in [1.165, 1.54) is 0 Å². The highest BCUT2D eigenvalue weighted by Crippen LogP contribution is 2.01. The number of aromatic nitrogens is 2. The van der Waals surface area contributed by atoms with Crippen LogP contribution in [0.3, 0.4) is 0 Å². The molecule has 0 radical (unpaired) electrons. The second kappa shape index (κ2) is 10.5. The summed E-state index contributed by atoms with van der Waals surface area (Å²) in [5, 5.41) is 9.25. The molecule has 0 spiro atoms. The third kappa shape index (κ3) is 6.91. The van der Waals surface area contributed by atoms with Crippen LogP contribution in [0, 0.1) is 0 Å². The lowest BCUT2D eigenvalue weighted by atomic mass is 10.2. The molecule has 19 heavy (non-hydrogen) atoms. The summed E-state index contributed by atoms with van der Waals surface area (Å²) in [5.41, 5.74) is 1.31. The molecule has 6 heteroatoms. The van der Waals surface area contributed by atoms with Gasteiger partial charge in [-0.25, -0.2) is 0 Å². The summed E-state index contributed by atoms with van der Waals surface area (Å²) < 4.78 is 12.0. The van der Waals surface area contributed by atoms with E-state index in [4.69, 9.17) is 0 Å². The number of hydrogen-bond donors (Lipinski definition) is 2. The number of nitrogens with zero attached hydrogens (tertiary/aromatic N) is 2. The number of halogens is 1. The van der Waals surface area contributed by atoms with Gasteiger partial charge in [0.1, 0.15) is 5.69 Å². The molecule has 5 nitrogen and oxygen atoms in total. The van der Waals surface area contributed by atoms with E-state index < -0.39 is 0 Å². The van der Waals surface area contributed by atoms with E-state index in [2.05, 4.69) is 20.4 Å². The highest BCUT2D eigenvalue weighted by molar-refractivity contribution is 5.92. The van der Waals surface area contributed by atoms with Gasteiger partial charge in [0.2, 0.25) is 0 Å². The van der Waals surface area contributed by atoms with Crippen molar-refractivity contribution in [2.45, 2.75) is 26.7 Å². The molecule has 0 fully saturated rings. The molecule has 2 N–H and O–H groups in total. The van der Waals surface area contributed by atoms with Gasteiger partial charge in [0, 0.05) is 32.3 Å². The summed E-state index contributed by atoms with van der Waals surface area (Å²) in [6.45, 7) is 5.28. The standard InChI is InChI=1S/C11H19FN4O.C2H6/c1-13-11(17)10-8-9(14-15-10)4-7-16(2)6-3-5-12;1-2/h8H,3-7H2,1-2H3,(H,13,17)(H,14,15);1-2H3. The zero-order chi connectivity index (χ0) is 14.7. The lowest BCUT2D eigenvalue weighted by Gasteiger charge is -2.14. The van der Waals surface area contributed by atoms with Gasteiger partial charge in [-0.1, -0.05) is 13.8 Å². The molecule has 1 amide bonds. The highest BCUT2D eigenvalue weighted by atomic mass is 19.1. The SMILES string of the molecule is CC.CNC(=O)c1cc(CCN(C)CCCF)[nH]n1. The Morgan fingerprint density at radius 1 is 1.47 bits per heavy atom. The van der Waals surface area contributed by atoms with Gasteiger partial charge in [0.25, 0.3) is 5.91 Å². The first-order valence-corrected chi connectivity index (χ1v) is 6.68. The number of carbonyl (C=O) groups is 1. The summed E-state index contributed by atoms with van der Waals surface area (Å²) >= 11 is 0. The monoisotopic (exact) mass is 272 g/mol. The van der Waals surface area contributed by atoms with Crippen molar-refractivity contribution in [2.24, 2.45) is 0 Å². The Bertz CT molecular complexity index is 354. The van der Waals surface area contributed by atoms with Gasteiger partial charge in [-0.15, -0.1) is 0 Å². The summed E-state index contributed by atoms with van der Waals surface area (Å²) in [5.74, 6) is -0.196. The summed E-state index contributed by atoms with van der Waals surface area (Å²) in [6.07, 6.45) is 1.33. The van der Waals surface area contributed by atoms with Crippen LogP contribution in [0.15, 0.2) is 6.07 Å². The molecule has 0 atom stereocenters. The Labute approximate surface area is 114 Å². The third-order valence-corrected chi connectivity index (χ3v) is 2.53. The molecule has 0 aromatic carbocycles. The van der Waals surface area contributed by atoms with Gasteiger partial charge in [-0.05, 0) is 19.5 Å². The van der Waals surface area contributed by atoms with Crippen molar-refractivity contribution in [3.63, 3.8) is 0 Å². The second-order valence-corrected chi connectivity index (χ2v) is 3.95. The van der Waals surface area contributed by atoms with E-state index in [0.717, 1.165) is 25.2 Å². The minimum absolute atomic E-state index is 0.196. The van der Waals surface area contributed by atoms with Crippen LogP contribution in [0.5, 0.6) is 0 Å². The third-order valence-electron chi connectivity index (χ3n) is 2.53. The normalized spacial score (nSPS) is 10.0. The van der Waals surface area contributed by atoms with E-state index in [0.29, 0.717) is 12.1 Å². The summed E-state index contributed by atoms with van der Waals surface area (Å²) in [7, 11) is 3.52. The molecule has 0 bridgehead atoms. The molecule has 0 aliphatic rings. The van der Waals surface area contributed by atoms with Crippen molar-refractivity contribution in [1.29, 1.82) is 0 Å². The minimum atomic E-state index is -0.283. The average Bonchev–Trinajstić information content (AvgIpc) is 2.93. The summed E-state index contributed by atoms with van der Waals surface area (Å²) in [6, 6.07) is 1.74. The van der Waals surface area contributed by atoms with E-state index in [1.54, 1.807) is 13.1 Å². The topological polar surface area (TPSA) is 61.0 Å². The Morgan fingerprint density at radius 3 is 2.74 bits per heavy atom. The van der Waals surface area contributed by atoms with Crippen LogP contribution in [0.2, 0.25) is 0 Å². The lowest BCUT2D eigenvalue weighted by Crippen LogP contribution is -2.22. The molecular weight excluding hydrogens is 247 g/mol. The molecular formula is C13H25FN4O. The van der Waals surface area contributed by atoms with Gasteiger partial charge in [-0.2, -0.15) is 5.10 Å². The van der Waals surface area contributed by atoms with Crippen molar-refractivity contribution in [3.05, 3.63) is 17.5 Å². The lowest BCUT2D eigenvalue weighted by molar-refractivity contribution is 0.0958. The predicted octanol–water partition coefficient (Wildman–Crippen LogP) is 1.63. The number of aromatic amines is 1. The maximum absolute atomic E-state index is 12.0. The number of carbonyl (C=O) groups excluding carboxylic acids is 1. The maximum atomic E-state index is 12.0. The molecule has 1 aromatic heterocycles. The molecule has 0 saturated heterocycles. The van der Waals surface area contributed by atoms with Crippen LogP contribution in [0.1, 0.15) is 36.5 Å². The smallest absolute Gasteiger partial charge is 0.271 e. The average molecular weight is 272 g/mol. The molecule has 110 valence electrons. The highest BCUT2D eigenvalue weighted by Gasteiger charge is 2.08. The Kier molecular flexibility index (Phi) is 9.70. The molecule has 0 unspecified atom stereocenters. The first-order chi connectivity index (χ1) is 9.17. The van der Waals surface area contributed by atoms with E-state index in [9.17, 15) is 9.18 Å². The Balaban J connectivity index is 0.00000154. The van der Waals surface area contributed by atoms with Crippen molar-refractivity contribution < 1.29 is 9.18 Å². The van der Waals surface area contributed by atoms with E-state index in [1.807, 2.05) is 20.9 Å². The quantitative estimate of drug-likeness (QED) is 0.793. The van der Waals surface area contributed by atoms with Crippen LogP contribution in [0.4, 0.5) is 4.39 Å². The van der Waals surface area contributed by atoms with Crippen LogP contribution in [0.25, 0.3) is 0 Å². The van der Waals surface area contributed by atoms with E-state index >= 15 is 0 Å². The van der Waals surface area contributed by atoms with Crippen LogP contribution < -0.4 is 5.32 Å². The molecule has 0 aliphatic heterocycles. The van der Waals surface area contributed by atoms with Gasteiger partial charge < -0.3 is 10.2 Å². The molecule has 1 aromatic rings. The first kappa shape index (κ1) is 17.6. The van der Waals surface area contributed by atoms with Crippen molar-refractivity contribution >= 4 is 5.91 Å². The van der Waals surface area contributed by atoms with Gasteiger partial charge in [0.05, 0.1) is 6.67 Å². The number of nitrogens with one attached hydrogen (secondary N) is 2. The number of H-pyrrole nitrogens is 1. The Morgan fingerprint density at radius 2 is 2.16 bits per heavy atom. The zero-order valence-electron chi connectivity index (χ0n) is 12.3. The predicted molar refractivity (Wildman–Crippen MR) is 75.1 cm³/mol. The van der Waals surface area contributed by atoms with Gasteiger partial charge in [0.15, 0.2) is 0 Å². The number of rotatable bonds is 7. The summed E-state index contributed by atoms with van der Waals surface area (Å²) in [4.78, 5) is 13.3. The van der Waals surface area contributed by atoms with Gasteiger partial charge in [-0.3, -0.25) is 14.3 Å². The minimum Gasteiger partial charge on any atom is -0.354 e. The number of alkyl halides is 1. The second-order valence-electron chi connectivity index (χ2n) is 3.95. The van der Waals surface area contributed by atoms with Crippen molar-refractivity contribution in [3.8, 4) is 0 Å². The number of likely N-dealkylation sites (N-methyl/N-ethyl adjacent to an activating group) is 1. The molecule has 1 heterocycles.